The van der Waals surface area contributed by atoms with E-state index in [1.54, 1.807) is 11.0 Å². The van der Waals surface area contributed by atoms with Gasteiger partial charge in [0.15, 0.2) is 0 Å². The van der Waals surface area contributed by atoms with Gasteiger partial charge in [-0.05, 0) is 12.3 Å². The van der Waals surface area contributed by atoms with Crippen molar-refractivity contribution in [3.05, 3.63) is 12.7 Å². The molecule has 0 aliphatic carbocycles. The SMILES string of the molecule is CC(CCn1cncn1)CC(=O)O. The fourth-order valence-electron chi connectivity index (χ4n) is 1.10. The lowest BCUT2D eigenvalue weighted by Crippen LogP contribution is -2.08. The van der Waals surface area contributed by atoms with Gasteiger partial charge in [-0.15, -0.1) is 0 Å². The Morgan fingerprint density at radius 1 is 1.69 bits per heavy atom. The van der Waals surface area contributed by atoms with Crippen molar-refractivity contribution in [3.8, 4) is 0 Å². The maximum absolute atomic E-state index is 10.3. The Morgan fingerprint density at radius 2 is 2.46 bits per heavy atom. The van der Waals surface area contributed by atoms with Crippen LogP contribution in [0.25, 0.3) is 0 Å². The molecule has 0 amide bonds. The van der Waals surface area contributed by atoms with Crippen LogP contribution in [0.5, 0.6) is 0 Å². The molecule has 13 heavy (non-hydrogen) atoms. The van der Waals surface area contributed by atoms with Crippen molar-refractivity contribution >= 4 is 5.97 Å². The fourth-order valence-corrected chi connectivity index (χ4v) is 1.10. The van der Waals surface area contributed by atoms with Gasteiger partial charge >= 0.3 is 5.97 Å². The predicted molar refractivity (Wildman–Crippen MR) is 46.1 cm³/mol. The first kappa shape index (κ1) is 9.70. The second kappa shape index (κ2) is 4.59. The van der Waals surface area contributed by atoms with Gasteiger partial charge in [0.1, 0.15) is 12.7 Å². The molecule has 72 valence electrons. The molecule has 1 heterocycles. The molecule has 0 aliphatic rings. The van der Waals surface area contributed by atoms with Crippen molar-refractivity contribution in [2.24, 2.45) is 5.92 Å². The van der Waals surface area contributed by atoms with Crippen LogP contribution in [0.1, 0.15) is 19.8 Å². The lowest BCUT2D eigenvalue weighted by molar-refractivity contribution is -0.138. The van der Waals surface area contributed by atoms with Gasteiger partial charge in [-0.1, -0.05) is 6.92 Å². The molecule has 1 aromatic rings. The summed E-state index contributed by atoms with van der Waals surface area (Å²) in [5.41, 5.74) is 0. The summed E-state index contributed by atoms with van der Waals surface area (Å²) in [5, 5.41) is 12.4. The molecule has 1 aromatic heterocycles. The molecule has 0 spiro atoms. The molecule has 0 fully saturated rings. The average molecular weight is 183 g/mol. The Hall–Kier alpha value is -1.39. The zero-order chi connectivity index (χ0) is 9.68. The number of carbonyl (C=O) groups is 1. The minimum absolute atomic E-state index is 0.182. The van der Waals surface area contributed by atoms with Gasteiger partial charge in [0.05, 0.1) is 0 Å². The minimum atomic E-state index is -0.744. The van der Waals surface area contributed by atoms with Crippen molar-refractivity contribution in [2.75, 3.05) is 0 Å². The second-order valence-electron chi connectivity index (χ2n) is 3.15. The van der Waals surface area contributed by atoms with Gasteiger partial charge in [0.2, 0.25) is 0 Å². The number of aromatic nitrogens is 3. The number of carboxylic acid groups (broad SMARTS) is 1. The summed E-state index contributed by atoms with van der Waals surface area (Å²) in [7, 11) is 0. The maximum Gasteiger partial charge on any atom is 0.303 e. The third kappa shape index (κ3) is 3.68. The van der Waals surface area contributed by atoms with Crippen LogP contribution in [0, 0.1) is 5.92 Å². The van der Waals surface area contributed by atoms with Crippen molar-refractivity contribution in [1.29, 1.82) is 0 Å². The summed E-state index contributed by atoms with van der Waals surface area (Å²) in [6, 6.07) is 0. The monoisotopic (exact) mass is 183 g/mol. The Balaban J connectivity index is 2.22. The summed E-state index contributed by atoms with van der Waals surface area (Å²) in [6.07, 6.45) is 4.14. The van der Waals surface area contributed by atoms with E-state index in [0.29, 0.717) is 0 Å². The summed E-state index contributed by atoms with van der Waals surface area (Å²) in [4.78, 5) is 14.1. The molecular formula is C8H13N3O2. The van der Waals surface area contributed by atoms with Crippen LogP contribution in [-0.2, 0) is 11.3 Å². The Labute approximate surface area is 76.4 Å². The molecule has 5 heteroatoms. The molecule has 1 unspecified atom stereocenters. The molecule has 1 atom stereocenters. The molecule has 1 N–H and O–H groups in total. The van der Waals surface area contributed by atoms with Crippen LogP contribution in [0.2, 0.25) is 0 Å². The van der Waals surface area contributed by atoms with Gasteiger partial charge in [0.25, 0.3) is 0 Å². The number of hydrogen-bond donors (Lipinski definition) is 1. The molecule has 5 nitrogen and oxygen atoms in total. The Morgan fingerprint density at radius 3 is 3.00 bits per heavy atom. The number of hydrogen-bond acceptors (Lipinski definition) is 3. The number of rotatable bonds is 5. The molecule has 0 bridgehead atoms. The third-order valence-corrected chi connectivity index (χ3v) is 1.84. The Kier molecular flexibility index (Phi) is 3.42. The zero-order valence-corrected chi connectivity index (χ0v) is 7.55. The van der Waals surface area contributed by atoms with Gasteiger partial charge in [0, 0.05) is 13.0 Å². The van der Waals surface area contributed by atoms with E-state index in [9.17, 15) is 4.79 Å². The van der Waals surface area contributed by atoms with Crippen molar-refractivity contribution in [2.45, 2.75) is 26.3 Å². The van der Waals surface area contributed by atoms with E-state index < -0.39 is 5.97 Å². The quantitative estimate of drug-likeness (QED) is 0.732. The van der Waals surface area contributed by atoms with Crippen LogP contribution in [0.3, 0.4) is 0 Å². The highest BCUT2D eigenvalue weighted by Crippen LogP contribution is 2.07. The minimum Gasteiger partial charge on any atom is -0.481 e. The molecule has 0 aliphatic heterocycles. The van der Waals surface area contributed by atoms with Crippen LogP contribution in [-0.4, -0.2) is 25.8 Å². The molecule has 0 radical (unpaired) electrons. The smallest absolute Gasteiger partial charge is 0.303 e. The van der Waals surface area contributed by atoms with Gasteiger partial charge in [-0.2, -0.15) is 5.10 Å². The van der Waals surface area contributed by atoms with Crippen molar-refractivity contribution in [1.82, 2.24) is 14.8 Å². The van der Waals surface area contributed by atoms with E-state index in [-0.39, 0.29) is 12.3 Å². The molecule has 0 saturated carbocycles. The molecular weight excluding hydrogens is 170 g/mol. The standard InChI is InChI=1S/C8H13N3O2/c1-7(4-8(12)13)2-3-11-6-9-5-10-11/h5-7H,2-4H2,1H3,(H,12,13). The fraction of sp³-hybridized carbons (Fsp3) is 0.625. The predicted octanol–water partition coefficient (Wildman–Crippen LogP) is 0.779. The lowest BCUT2D eigenvalue weighted by Gasteiger charge is -2.07. The van der Waals surface area contributed by atoms with E-state index in [1.165, 1.54) is 6.33 Å². The lowest BCUT2D eigenvalue weighted by atomic mass is 10.0. The maximum atomic E-state index is 10.3. The van der Waals surface area contributed by atoms with E-state index in [2.05, 4.69) is 10.1 Å². The third-order valence-electron chi connectivity index (χ3n) is 1.84. The highest BCUT2D eigenvalue weighted by atomic mass is 16.4. The molecule has 0 aromatic carbocycles. The number of carboxylic acids is 1. The zero-order valence-electron chi connectivity index (χ0n) is 7.55. The van der Waals surface area contributed by atoms with Crippen molar-refractivity contribution < 1.29 is 9.90 Å². The molecule has 1 rings (SSSR count). The van der Waals surface area contributed by atoms with Gasteiger partial charge in [-0.25, -0.2) is 4.98 Å². The summed E-state index contributed by atoms with van der Waals surface area (Å²) in [5.74, 6) is -0.562. The molecule has 0 saturated heterocycles. The van der Waals surface area contributed by atoms with Gasteiger partial charge < -0.3 is 5.11 Å². The van der Waals surface area contributed by atoms with Crippen LogP contribution in [0.15, 0.2) is 12.7 Å². The number of nitrogens with zero attached hydrogens (tertiary/aromatic N) is 3. The average Bonchev–Trinajstić information content (AvgIpc) is 2.51. The number of aliphatic carboxylic acids is 1. The first-order chi connectivity index (χ1) is 6.18. The largest absolute Gasteiger partial charge is 0.481 e. The summed E-state index contributed by atoms with van der Waals surface area (Å²) >= 11 is 0. The second-order valence-corrected chi connectivity index (χ2v) is 3.15. The summed E-state index contributed by atoms with van der Waals surface area (Å²) in [6.45, 7) is 2.65. The summed E-state index contributed by atoms with van der Waals surface area (Å²) < 4.78 is 1.71. The highest BCUT2D eigenvalue weighted by molar-refractivity contribution is 5.66. The topological polar surface area (TPSA) is 68.0 Å². The van der Waals surface area contributed by atoms with Crippen molar-refractivity contribution in [3.63, 3.8) is 0 Å². The van der Waals surface area contributed by atoms with E-state index in [1.807, 2.05) is 6.92 Å². The highest BCUT2D eigenvalue weighted by Gasteiger charge is 2.07. The van der Waals surface area contributed by atoms with E-state index in [0.717, 1.165) is 13.0 Å². The van der Waals surface area contributed by atoms with Crippen LogP contribution in [0.4, 0.5) is 0 Å². The van der Waals surface area contributed by atoms with Crippen LogP contribution < -0.4 is 0 Å². The number of aryl methyl sites for hydroxylation is 1. The normalized spacial score (nSPS) is 12.7. The van der Waals surface area contributed by atoms with Crippen LogP contribution >= 0.6 is 0 Å². The Bertz CT molecular complexity index is 258. The first-order valence-electron chi connectivity index (χ1n) is 4.22. The van der Waals surface area contributed by atoms with Gasteiger partial charge in [-0.3, -0.25) is 9.48 Å². The first-order valence-corrected chi connectivity index (χ1v) is 4.22. The van der Waals surface area contributed by atoms with E-state index in [4.69, 9.17) is 5.11 Å². The van der Waals surface area contributed by atoms with E-state index >= 15 is 0 Å².